The van der Waals surface area contributed by atoms with E-state index in [1.165, 1.54) is 23.5 Å². The van der Waals surface area contributed by atoms with Crippen LogP contribution in [0.25, 0.3) is 6.08 Å². The summed E-state index contributed by atoms with van der Waals surface area (Å²) < 4.78 is 0. The summed E-state index contributed by atoms with van der Waals surface area (Å²) in [7, 11) is 0. The quantitative estimate of drug-likeness (QED) is 0.297. The molecule has 0 saturated carbocycles. The van der Waals surface area contributed by atoms with Crippen molar-refractivity contribution in [3.63, 3.8) is 0 Å². The molecule has 0 atom stereocenters. The number of aryl methyl sites for hydroxylation is 1. The third-order valence-electron chi connectivity index (χ3n) is 2.00. The molecule has 88 valence electrons. The minimum absolute atomic E-state index is 0.0124. The van der Waals surface area contributed by atoms with Crippen LogP contribution in [0.3, 0.4) is 0 Å². The van der Waals surface area contributed by atoms with E-state index in [9.17, 15) is 10.1 Å². The highest BCUT2D eigenvalue weighted by molar-refractivity contribution is 7.80. The number of thiophene rings is 1. The lowest BCUT2D eigenvalue weighted by Gasteiger charge is -1.91. The maximum atomic E-state index is 10.8. The monoisotopic (exact) mass is 267 g/mol. The molecule has 0 unspecified atom stereocenters. The maximum Gasteiger partial charge on any atom is 0.283 e. The molecule has 5 nitrogen and oxygen atoms in total. The highest BCUT2D eigenvalue weighted by Crippen LogP contribution is 2.30. The number of nitriles is 1. The van der Waals surface area contributed by atoms with Gasteiger partial charge in [-0.2, -0.15) is 5.26 Å². The first-order valence-electron chi connectivity index (χ1n) is 4.68. The number of nitrogens with zero attached hydrogens (tertiary/aromatic N) is 2. The fraction of sp³-hybridized carbons (Fsp3) is 0.200. The van der Waals surface area contributed by atoms with Crippen molar-refractivity contribution in [1.29, 1.82) is 5.26 Å². The van der Waals surface area contributed by atoms with E-state index in [0.717, 1.165) is 0 Å². The second-order valence-corrected chi connectivity index (χ2v) is 4.71. The molecule has 2 N–H and O–H groups in total. The van der Waals surface area contributed by atoms with Crippen LogP contribution in [0, 0.1) is 21.4 Å². The number of rotatable bonds is 4. The Morgan fingerprint density at radius 2 is 2.47 bits per heavy atom. The van der Waals surface area contributed by atoms with Gasteiger partial charge in [-0.05, 0) is 12.5 Å². The van der Waals surface area contributed by atoms with Crippen LogP contribution in [-0.2, 0) is 6.42 Å². The van der Waals surface area contributed by atoms with E-state index < -0.39 is 4.92 Å². The maximum absolute atomic E-state index is 10.8. The molecular formula is C10H9N3O2S2. The molecule has 1 rings (SSSR count). The minimum atomic E-state index is -0.431. The molecule has 0 fully saturated rings. The Balaban J connectivity index is 3.22. The topological polar surface area (TPSA) is 93.0 Å². The van der Waals surface area contributed by atoms with Gasteiger partial charge in [0.15, 0.2) is 0 Å². The Morgan fingerprint density at radius 3 is 2.82 bits per heavy atom. The molecule has 0 aliphatic carbocycles. The lowest BCUT2D eigenvalue weighted by molar-refractivity contribution is -0.385. The summed E-state index contributed by atoms with van der Waals surface area (Å²) in [4.78, 5) is 11.6. The van der Waals surface area contributed by atoms with Gasteiger partial charge < -0.3 is 5.73 Å². The van der Waals surface area contributed by atoms with E-state index in [2.05, 4.69) is 0 Å². The molecule has 0 spiro atoms. The highest BCUT2D eigenvalue weighted by Gasteiger charge is 2.16. The predicted molar refractivity (Wildman–Crippen MR) is 70.7 cm³/mol. The van der Waals surface area contributed by atoms with Crippen LogP contribution in [0.5, 0.6) is 0 Å². The largest absolute Gasteiger partial charge is 0.389 e. The van der Waals surface area contributed by atoms with Gasteiger partial charge in [0.25, 0.3) is 5.69 Å². The number of thiocarbonyl (C=S) groups is 1. The van der Waals surface area contributed by atoms with Gasteiger partial charge in [0.2, 0.25) is 0 Å². The molecule has 0 aliphatic heterocycles. The number of nitro groups is 1. The summed E-state index contributed by atoms with van der Waals surface area (Å²) in [6, 6.07) is 3.29. The van der Waals surface area contributed by atoms with Gasteiger partial charge in [-0.15, -0.1) is 11.3 Å². The van der Waals surface area contributed by atoms with Crippen LogP contribution in [0.4, 0.5) is 5.69 Å². The fourth-order valence-corrected chi connectivity index (χ4v) is 2.34. The molecule has 0 amide bonds. The Hall–Kier alpha value is -1.78. The first-order valence-corrected chi connectivity index (χ1v) is 5.90. The van der Waals surface area contributed by atoms with E-state index in [1.54, 1.807) is 0 Å². The third kappa shape index (κ3) is 3.09. The molecule has 0 saturated heterocycles. The zero-order chi connectivity index (χ0) is 13.0. The van der Waals surface area contributed by atoms with Gasteiger partial charge in [-0.3, -0.25) is 10.1 Å². The second kappa shape index (κ2) is 5.52. The van der Waals surface area contributed by atoms with Crippen molar-refractivity contribution >= 4 is 40.3 Å². The van der Waals surface area contributed by atoms with Gasteiger partial charge in [-0.25, -0.2) is 0 Å². The van der Waals surface area contributed by atoms with Crippen molar-refractivity contribution < 1.29 is 4.92 Å². The van der Waals surface area contributed by atoms with E-state index >= 15 is 0 Å². The average Bonchev–Trinajstić information content (AvgIpc) is 2.68. The van der Waals surface area contributed by atoms with Crippen LogP contribution in [0.1, 0.15) is 16.7 Å². The van der Waals surface area contributed by atoms with Gasteiger partial charge in [0.05, 0.1) is 15.4 Å². The van der Waals surface area contributed by atoms with E-state index in [1.807, 2.05) is 13.0 Å². The van der Waals surface area contributed by atoms with Crippen molar-refractivity contribution in [3.05, 3.63) is 31.5 Å². The Bertz CT molecular complexity index is 540. The summed E-state index contributed by atoms with van der Waals surface area (Å²) in [5.74, 6) is 0. The van der Waals surface area contributed by atoms with Crippen molar-refractivity contribution in [2.75, 3.05) is 0 Å². The molecule has 1 aromatic heterocycles. The zero-order valence-corrected chi connectivity index (χ0v) is 10.6. The summed E-state index contributed by atoms with van der Waals surface area (Å²) in [6.45, 7) is 1.84. The third-order valence-corrected chi connectivity index (χ3v) is 3.43. The predicted octanol–water partition coefficient (Wildman–Crippen LogP) is 2.41. The van der Waals surface area contributed by atoms with Crippen molar-refractivity contribution in [3.8, 4) is 6.07 Å². The van der Waals surface area contributed by atoms with Gasteiger partial charge >= 0.3 is 0 Å². The van der Waals surface area contributed by atoms with Crippen LogP contribution < -0.4 is 5.73 Å². The molecule has 1 heterocycles. The van der Waals surface area contributed by atoms with Crippen LogP contribution in [-0.4, -0.2) is 9.91 Å². The molecular weight excluding hydrogens is 258 g/mol. The SMILES string of the molecule is CCc1sc(/C=C(/C#N)C(N)=S)cc1[N+](=O)[O-]. The summed E-state index contributed by atoms with van der Waals surface area (Å²) >= 11 is 5.96. The fourth-order valence-electron chi connectivity index (χ4n) is 1.22. The molecule has 0 aromatic carbocycles. The van der Waals surface area contributed by atoms with Crippen LogP contribution >= 0.6 is 23.6 Å². The average molecular weight is 267 g/mol. The summed E-state index contributed by atoms with van der Waals surface area (Å²) in [5, 5.41) is 19.5. The first-order chi connectivity index (χ1) is 7.99. The van der Waals surface area contributed by atoms with E-state index in [4.69, 9.17) is 23.2 Å². The lowest BCUT2D eigenvalue weighted by Crippen LogP contribution is -2.09. The molecule has 17 heavy (non-hydrogen) atoms. The van der Waals surface area contributed by atoms with Crippen molar-refractivity contribution in [2.24, 2.45) is 5.73 Å². The number of hydrogen-bond donors (Lipinski definition) is 1. The van der Waals surface area contributed by atoms with Gasteiger partial charge in [-0.1, -0.05) is 19.1 Å². The molecule has 0 bridgehead atoms. The highest BCUT2D eigenvalue weighted by atomic mass is 32.1. The molecule has 0 radical (unpaired) electrons. The number of nitrogens with two attached hydrogens (primary N) is 1. The van der Waals surface area contributed by atoms with Gasteiger partial charge in [0.1, 0.15) is 11.1 Å². The van der Waals surface area contributed by atoms with Gasteiger partial charge in [0, 0.05) is 10.9 Å². The normalized spacial score (nSPS) is 10.9. The lowest BCUT2D eigenvalue weighted by atomic mass is 10.2. The number of hydrogen-bond acceptors (Lipinski definition) is 5. The Morgan fingerprint density at radius 1 is 1.82 bits per heavy atom. The first kappa shape index (κ1) is 13.3. The Kier molecular flexibility index (Phi) is 4.31. The zero-order valence-electron chi connectivity index (χ0n) is 8.97. The van der Waals surface area contributed by atoms with E-state index in [0.29, 0.717) is 16.2 Å². The smallest absolute Gasteiger partial charge is 0.283 e. The molecule has 7 heteroatoms. The second-order valence-electron chi connectivity index (χ2n) is 3.10. The Labute approximate surface area is 107 Å². The van der Waals surface area contributed by atoms with Crippen molar-refractivity contribution in [2.45, 2.75) is 13.3 Å². The van der Waals surface area contributed by atoms with Crippen LogP contribution in [0.2, 0.25) is 0 Å². The van der Waals surface area contributed by atoms with E-state index in [-0.39, 0.29) is 16.2 Å². The molecule has 1 aromatic rings. The van der Waals surface area contributed by atoms with Crippen LogP contribution in [0.15, 0.2) is 11.6 Å². The molecule has 0 aliphatic rings. The standard InChI is InChI=1S/C10H9N3O2S2/c1-2-9-8(13(14)15)4-7(17-9)3-6(5-11)10(12)16/h3-4H,2H2,1H3,(H2,12,16)/b6-3-. The summed E-state index contributed by atoms with van der Waals surface area (Å²) in [6.07, 6.45) is 2.04. The minimum Gasteiger partial charge on any atom is -0.389 e. The van der Waals surface area contributed by atoms with Crippen molar-refractivity contribution in [1.82, 2.24) is 0 Å². The summed E-state index contributed by atoms with van der Waals surface area (Å²) in [5.41, 5.74) is 5.57.